The Labute approximate surface area is 242 Å². The molecule has 2 unspecified atom stereocenters. The molecule has 4 aromatic rings. The average Bonchev–Trinajstić information content (AvgIpc) is 3.66. The van der Waals surface area contributed by atoms with Gasteiger partial charge in [0.05, 0.1) is 23.8 Å². The number of fused-ring (bicyclic) bond motifs is 1. The highest BCUT2D eigenvalue weighted by atomic mass is 35.5. The standard InChI is InChI=1S/C28H32ClN9OS/c1-18-4-3-9-36(13-18)16-23-10-26(40-35-23)34-27-28-30-12-24(38(28)14-19(2)32-27)20-11-31-37(15-20)17-25(39)33-22-7-5-21(29)6-8-22/h5-8,11-12,14-15,18,26H,3-4,9-10,13,16-17H2,1-2H3,(H,32,34)(H,33,39). The average molecular weight is 578 g/mol. The molecule has 5 heterocycles. The van der Waals surface area contributed by atoms with Crippen molar-refractivity contribution in [2.75, 3.05) is 30.3 Å². The van der Waals surface area contributed by atoms with Gasteiger partial charge in [-0.25, -0.2) is 14.4 Å². The lowest BCUT2D eigenvalue weighted by Crippen LogP contribution is -2.38. The van der Waals surface area contributed by atoms with E-state index in [0.717, 1.165) is 60.4 Å². The molecular weight excluding hydrogens is 546 g/mol. The van der Waals surface area contributed by atoms with Crippen molar-refractivity contribution in [2.45, 2.75) is 45.0 Å². The Kier molecular flexibility index (Phi) is 7.77. The van der Waals surface area contributed by atoms with Gasteiger partial charge in [-0.1, -0.05) is 18.5 Å². The van der Waals surface area contributed by atoms with E-state index in [1.165, 1.54) is 18.6 Å². The van der Waals surface area contributed by atoms with Crippen LogP contribution in [0.2, 0.25) is 5.02 Å². The third kappa shape index (κ3) is 6.16. The zero-order chi connectivity index (χ0) is 27.6. The van der Waals surface area contributed by atoms with E-state index in [9.17, 15) is 4.79 Å². The van der Waals surface area contributed by atoms with E-state index in [4.69, 9.17) is 21.0 Å². The molecular formula is C28H32ClN9OS. The summed E-state index contributed by atoms with van der Waals surface area (Å²) in [4.78, 5) is 24.5. The van der Waals surface area contributed by atoms with Gasteiger partial charge in [0.15, 0.2) is 11.5 Å². The Balaban J connectivity index is 1.12. The molecule has 2 atom stereocenters. The lowest BCUT2D eigenvalue weighted by atomic mass is 10.00. The van der Waals surface area contributed by atoms with E-state index >= 15 is 0 Å². The number of rotatable bonds is 8. The number of benzene rings is 1. The maximum atomic E-state index is 12.5. The lowest BCUT2D eigenvalue weighted by molar-refractivity contribution is -0.116. The zero-order valence-corrected chi connectivity index (χ0v) is 24.1. The van der Waals surface area contributed by atoms with Crippen molar-refractivity contribution in [3.8, 4) is 11.3 Å². The van der Waals surface area contributed by atoms with Crippen molar-refractivity contribution < 1.29 is 4.79 Å². The highest BCUT2D eigenvalue weighted by Gasteiger charge is 2.25. The van der Waals surface area contributed by atoms with E-state index in [0.29, 0.717) is 10.7 Å². The Morgan fingerprint density at radius 1 is 1.20 bits per heavy atom. The van der Waals surface area contributed by atoms with E-state index in [1.807, 2.05) is 29.9 Å². The van der Waals surface area contributed by atoms with Gasteiger partial charge in [-0.3, -0.25) is 18.8 Å². The molecule has 6 rings (SSSR count). The topological polar surface area (TPSA) is 105 Å². The highest BCUT2D eigenvalue weighted by molar-refractivity contribution is 7.99. The molecule has 2 aliphatic rings. The van der Waals surface area contributed by atoms with Gasteiger partial charge >= 0.3 is 0 Å². The number of piperidine rings is 1. The van der Waals surface area contributed by atoms with E-state index < -0.39 is 0 Å². The number of aromatic nitrogens is 5. The number of carbonyl (C=O) groups excluding carboxylic acids is 1. The number of hydrogen-bond donors (Lipinski definition) is 2. The molecule has 1 saturated heterocycles. The molecule has 2 N–H and O–H groups in total. The summed E-state index contributed by atoms with van der Waals surface area (Å²) in [6.07, 6.45) is 10.9. The number of anilines is 2. The normalized spacial score (nSPS) is 19.6. The smallest absolute Gasteiger partial charge is 0.246 e. The second-order valence-corrected chi connectivity index (χ2v) is 12.0. The zero-order valence-electron chi connectivity index (χ0n) is 22.5. The number of carbonyl (C=O) groups is 1. The molecule has 1 aromatic carbocycles. The molecule has 0 spiro atoms. The summed E-state index contributed by atoms with van der Waals surface area (Å²) in [5, 5.41) is 11.6. The summed E-state index contributed by atoms with van der Waals surface area (Å²) < 4.78 is 8.41. The fourth-order valence-electron chi connectivity index (χ4n) is 5.32. The molecule has 0 aliphatic carbocycles. The molecule has 0 radical (unpaired) electrons. The number of halogens is 1. The molecule has 3 aromatic heterocycles. The summed E-state index contributed by atoms with van der Waals surface area (Å²) in [5.74, 6) is 1.32. The predicted molar refractivity (Wildman–Crippen MR) is 161 cm³/mol. The van der Waals surface area contributed by atoms with E-state index in [-0.39, 0.29) is 17.8 Å². The minimum absolute atomic E-state index is 0.0876. The predicted octanol–water partition coefficient (Wildman–Crippen LogP) is 5.16. The van der Waals surface area contributed by atoms with E-state index in [1.54, 1.807) is 47.1 Å². The van der Waals surface area contributed by atoms with Crippen LogP contribution in [0.4, 0.5) is 11.5 Å². The molecule has 208 valence electrons. The van der Waals surface area contributed by atoms with Gasteiger partial charge in [0.25, 0.3) is 0 Å². The van der Waals surface area contributed by atoms with Crippen LogP contribution in [0, 0.1) is 12.8 Å². The number of amides is 1. The van der Waals surface area contributed by atoms with Crippen molar-refractivity contribution in [2.24, 2.45) is 10.3 Å². The van der Waals surface area contributed by atoms with Crippen LogP contribution in [-0.4, -0.2) is 65.7 Å². The van der Waals surface area contributed by atoms with Gasteiger partial charge in [-0.2, -0.15) is 5.10 Å². The van der Waals surface area contributed by atoms with Crippen molar-refractivity contribution >= 4 is 52.3 Å². The second-order valence-electron chi connectivity index (χ2n) is 10.6. The lowest BCUT2D eigenvalue weighted by Gasteiger charge is -2.30. The third-order valence-corrected chi connectivity index (χ3v) is 8.30. The molecule has 1 amide bonds. The van der Waals surface area contributed by atoms with Crippen molar-refractivity contribution in [3.63, 3.8) is 0 Å². The van der Waals surface area contributed by atoms with Gasteiger partial charge in [0.2, 0.25) is 5.91 Å². The SMILES string of the molecule is Cc1cn2c(-c3cnn(CC(=O)Nc4ccc(Cl)cc4)c3)cnc2c(NC2CC(CN3CCCC(C)C3)=NS2)n1. The monoisotopic (exact) mass is 577 g/mol. The number of nitrogens with one attached hydrogen (secondary N) is 2. The molecule has 0 saturated carbocycles. The van der Waals surface area contributed by atoms with Crippen LogP contribution in [0.25, 0.3) is 16.9 Å². The number of imidazole rings is 1. The van der Waals surface area contributed by atoms with Crippen LogP contribution >= 0.6 is 23.5 Å². The van der Waals surface area contributed by atoms with Gasteiger partial charge in [-0.15, -0.1) is 0 Å². The number of nitrogens with zero attached hydrogens (tertiary/aromatic N) is 7. The Hall–Kier alpha value is -3.41. The van der Waals surface area contributed by atoms with Crippen LogP contribution in [0.3, 0.4) is 0 Å². The Morgan fingerprint density at radius 2 is 2.05 bits per heavy atom. The van der Waals surface area contributed by atoms with Crippen LogP contribution in [0.5, 0.6) is 0 Å². The summed E-state index contributed by atoms with van der Waals surface area (Å²) in [5.41, 5.74) is 5.27. The van der Waals surface area contributed by atoms with Crippen LogP contribution in [0.15, 0.2) is 53.5 Å². The Bertz CT molecular complexity index is 1550. The first-order chi connectivity index (χ1) is 19.4. The van der Waals surface area contributed by atoms with Gasteiger partial charge < -0.3 is 10.6 Å². The quantitative estimate of drug-likeness (QED) is 0.279. The number of hydrogen-bond acceptors (Lipinski definition) is 8. The molecule has 12 heteroatoms. The minimum atomic E-state index is -0.174. The molecule has 40 heavy (non-hydrogen) atoms. The van der Waals surface area contributed by atoms with Gasteiger partial charge in [0.1, 0.15) is 11.9 Å². The van der Waals surface area contributed by atoms with Gasteiger partial charge in [-0.05, 0) is 68.4 Å². The molecule has 2 aliphatic heterocycles. The molecule has 0 bridgehead atoms. The molecule has 10 nitrogen and oxygen atoms in total. The second kappa shape index (κ2) is 11.6. The number of aryl methyl sites for hydroxylation is 1. The minimum Gasteiger partial charge on any atom is -0.353 e. The van der Waals surface area contributed by atoms with Gasteiger partial charge in [0, 0.05) is 53.9 Å². The van der Waals surface area contributed by atoms with Crippen LogP contribution in [0.1, 0.15) is 31.9 Å². The largest absolute Gasteiger partial charge is 0.353 e. The maximum absolute atomic E-state index is 12.5. The highest BCUT2D eigenvalue weighted by Crippen LogP contribution is 2.30. The first-order valence-corrected chi connectivity index (χ1v) is 14.7. The van der Waals surface area contributed by atoms with Crippen LogP contribution < -0.4 is 10.6 Å². The summed E-state index contributed by atoms with van der Waals surface area (Å²) in [6.45, 7) is 7.65. The fraction of sp³-hybridized carbons (Fsp3) is 0.393. The van der Waals surface area contributed by atoms with Crippen molar-refractivity contribution in [1.29, 1.82) is 0 Å². The first kappa shape index (κ1) is 26.8. The Morgan fingerprint density at radius 3 is 2.88 bits per heavy atom. The van der Waals surface area contributed by atoms with Crippen LogP contribution in [-0.2, 0) is 11.3 Å². The molecule has 1 fully saturated rings. The fourth-order valence-corrected chi connectivity index (χ4v) is 6.29. The first-order valence-electron chi connectivity index (χ1n) is 13.5. The maximum Gasteiger partial charge on any atom is 0.246 e. The van der Waals surface area contributed by atoms with Crippen molar-refractivity contribution in [1.82, 2.24) is 29.0 Å². The van der Waals surface area contributed by atoms with Crippen molar-refractivity contribution in [3.05, 3.63) is 59.8 Å². The summed E-state index contributed by atoms with van der Waals surface area (Å²) in [6, 6.07) is 7.01. The number of likely N-dealkylation sites (tertiary alicyclic amines) is 1. The third-order valence-electron chi connectivity index (χ3n) is 7.15. The summed E-state index contributed by atoms with van der Waals surface area (Å²) >= 11 is 7.50. The summed E-state index contributed by atoms with van der Waals surface area (Å²) in [7, 11) is 0. The van der Waals surface area contributed by atoms with E-state index in [2.05, 4.69) is 32.5 Å².